The van der Waals surface area contributed by atoms with E-state index < -0.39 is 5.97 Å². The van der Waals surface area contributed by atoms with Crippen LogP contribution in [-0.4, -0.2) is 23.1 Å². The summed E-state index contributed by atoms with van der Waals surface area (Å²) in [6.45, 7) is 4.02. The van der Waals surface area contributed by atoms with Gasteiger partial charge in [-0.2, -0.15) is 0 Å². The average molecular weight is 279 g/mol. The second-order valence-corrected chi connectivity index (χ2v) is 4.66. The van der Waals surface area contributed by atoms with E-state index in [9.17, 15) is 9.59 Å². The summed E-state index contributed by atoms with van der Waals surface area (Å²) in [6.07, 6.45) is 1.57. The van der Waals surface area contributed by atoms with Crippen LogP contribution < -0.4 is 10.1 Å². The maximum Gasteiger partial charge on any atom is 0.303 e. The molecule has 1 aromatic carbocycles. The first-order valence-corrected chi connectivity index (χ1v) is 6.79. The first-order chi connectivity index (χ1) is 9.51. The third kappa shape index (κ3) is 6.22. The molecule has 0 aliphatic rings. The zero-order chi connectivity index (χ0) is 15.0. The van der Waals surface area contributed by atoms with Crippen LogP contribution in [0.1, 0.15) is 39.5 Å². The van der Waals surface area contributed by atoms with Crippen molar-refractivity contribution in [2.75, 3.05) is 5.32 Å². The Morgan fingerprint density at radius 3 is 2.75 bits per heavy atom. The highest BCUT2D eigenvalue weighted by molar-refractivity contribution is 5.91. The topological polar surface area (TPSA) is 75.6 Å². The molecule has 110 valence electrons. The summed E-state index contributed by atoms with van der Waals surface area (Å²) in [6, 6.07) is 7.19. The van der Waals surface area contributed by atoms with Gasteiger partial charge in [-0.3, -0.25) is 9.59 Å². The van der Waals surface area contributed by atoms with E-state index in [4.69, 9.17) is 9.84 Å². The molecule has 0 aliphatic heterocycles. The number of hydrogen-bond donors (Lipinski definition) is 2. The molecule has 1 atom stereocenters. The maximum atomic E-state index is 11.6. The van der Waals surface area contributed by atoms with Gasteiger partial charge in [0.15, 0.2) is 0 Å². The van der Waals surface area contributed by atoms with Crippen molar-refractivity contribution < 1.29 is 19.4 Å². The van der Waals surface area contributed by atoms with Crippen LogP contribution in [0.15, 0.2) is 24.3 Å². The van der Waals surface area contributed by atoms with Crippen molar-refractivity contribution in [3.8, 4) is 5.75 Å². The summed E-state index contributed by atoms with van der Waals surface area (Å²) in [5.41, 5.74) is 0.658. The molecule has 0 spiro atoms. The number of nitrogens with one attached hydrogen (secondary N) is 1. The molecule has 1 amide bonds. The van der Waals surface area contributed by atoms with Gasteiger partial charge >= 0.3 is 5.97 Å². The second-order valence-electron chi connectivity index (χ2n) is 4.66. The van der Waals surface area contributed by atoms with E-state index in [0.717, 1.165) is 6.42 Å². The number of anilines is 1. The van der Waals surface area contributed by atoms with E-state index in [1.165, 1.54) is 0 Å². The molecule has 1 rings (SSSR count). The zero-order valence-corrected chi connectivity index (χ0v) is 11.9. The number of rotatable bonds is 8. The fourth-order valence-corrected chi connectivity index (χ4v) is 1.59. The Hall–Kier alpha value is -2.04. The van der Waals surface area contributed by atoms with E-state index >= 15 is 0 Å². The minimum absolute atomic E-state index is 0.00455. The molecule has 1 unspecified atom stereocenters. The van der Waals surface area contributed by atoms with Gasteiger partial charge in [-0.15, -0.1) is 0 Å². The quantitative estimate of drug-likeness (QED) is 0.766. The van der Waals surface area contributed by atoms with Crippen molar-refractivity contribution in [2.45, 2.75) is 45.6 Å². The predicted molar refractivity (Wildman–Crippen MR) is 76.9 cm³/mol. The minimum atomic E-state index is -0.887. The van der Waals surface area contributed by atoms with Crippen molar-refractivity contribution in [1.82, 2.24) is 0 Å². The van der Waals surface area contributed by atoms with Gasteiger partial charge < -0.3 is 15.2 Å². The average Bonchev–Trinajstić information content (AvgIpc) is 2.38. The summed E-state index contributed by atoms with van der Waals surface area (Å²) in [4.78, 5) is 22.0. The van der Waals surface area contributed by atoms with Gasteiger partial charge in [0, 0.05) is 24.6 Å². The summed E-state index contributed by atoms with van der Waals surface area (Å²) in [7, 11) is 0. The van der Waals surface area contributed by atoms with Gasteiger partial charge in [0.1, 0.15) is 5.75 Å². The molecular formula is C15H21NO4. The highest BCUT2D eigenvalue weighted by Gasteiger charge is 2.06. The van der Waals surface area contributed by atoms with Crippen LogP contribution in [0.2, 0.25) is 0 Å². The molecule has 5 heteroatoms. The number of carbonyl (C=O) groups excluding carboxylic acids is 1. The number of amides is 1. The van der Waals surface area contributed by atoms with Crippen LogP contribution in [0.25, 0.3) is 0 Å². The van der Waals surface area contributed by atoms with Gasteiger partial charge in [0.25, 0.3) is 0 Å². The molecule has 0 aromatic heterocycles. The Morgan fingerprint density at radius 2 is 2.10 bits per heavy atom. The molecular weight excluding hydrogens is 258 g/mol. The third-order valence-electron chi connectivity index (χ3n) is 2.82. The molecule has 0 bridgehead atoms. The summed E-state index contributed by atoms with van der Waals surface area (Å²) >= 11 is 0. The fraction of sp³-hybridized carbons (Fsp3) is 0.467. The van der Waals surface area contributed by atoms with Crippen LogP contribution in [0, 0.1) is 0 Å². The molecule has 2 N–H and O–H groups in total. The number of hydrogen-bond acceptors (Lipinski definition) is 3. The Balaban J connectivity index is 2.48. The van der Waals surface area contributed by atoms with Crippen LogP contribution >= 0.6 is 0 Å². The Morgan fingerprint density at radius 1 is 1.35 bits per heavy atom. The second kappa shape index (κ2) is 8.19. The van der Waals surface area contributed by atoms with Gasteiger partial charge in [0.05, 0.1) is 6.10 Å². The number of carboxylic acid groups (broad SMARTS) is 1. The lowest BCUT2D eigenvalue weighted by atomic mass is 10.2. The van der Waals surface area contributed by atoms with E-state index in [2.05, 4.69) is 5.32 Å². The predicted octanol–water partition coefficient (Wildman–Crippen LogP) is 3.06. The molecule has 0 aliphatic carbocycles. The van der Waals surface area contributed by atoms with Crippen molar-refractivity contribution in [1.29, 1.82) is 0 Å². The van der Waals surface area contributed by atoms with Gasteiger partial charge in [-0.25, -0.2) is 0 Å². The van der Waals surface area contributed by atoms with Crippen molar-refractivity contribution >= 4 is 17.6 Å². The standard InChI is InChI=1S/C15H21NO4/c1-3-11(2)20-13-7-4-6-12(10-13)16-14(17)8-5-9-15(18)19/h4,6-7,10-11H,3,5,8-9H2,1-2H3,(H,16,17)(H,18,19). The molecule has 0 heterocycles. The van der Waals surface area contributed by atoms with Gasteiger partial charge in [0.2, 0.25) is 5.91 Å². The lowest BCUT2D eigenvalue weighted by Crippen LogP contribution is -2.13. The highest BCUT2D eigenvalue weighted by atomic mass is 16.5. The van der Waals surface area contributed by atoms with Crippen LogP contribution in [0.5, 0.6) is 5.75 Å². The van der Waals surface area contributed by atoms with E-state index in [1.54, 1.807) is 12.1 Å². The zero-order valence-electron chi connectivity index (χ0n) is 11.9. The van der Waals surface area contributed by atoms with Gasteiger partial charge in [-0.1, -0.05) is 13.0 Å². The largest absolute Gasteiger partial charge is 0.491 e. The van der Waals surface area contributed by atoms with Crippen LogP contribution in [-0.2, 0) is 9.59 Å². The molecule has 5 nitrogen and oxygen atoms in total. The van der Waals surface area contributed by atoms with Crippen molar-refractivity contribution in [3.05, 3.63) is 24.3 Å². The number of aliphatic carboxylic acids is 1. The summed E-state index contributed by atoms with van der Waals surface area (Å²) in [5.74, 6) is -0.364. The van der Waals surface area contributed by atoms with Crippen molar-refractivity contribution in [3.63, 3.8) is 0 Å². The minimum Gasteiger partial charge on any atom is -0.491 e. The SMILES string of the molecule is CCC(C)Oc1cccc(NC(=O)CCCC(=O)O)c1. The third-order valence-corrected chi connectivity index (χ3v) is 2.82. The van der Waals surface area contributed by atoms with Crippen molar-refractivity contribution in [2.24, 2.45) is 0 Å². The molecule has 0 saturated carbocycles. The molecule has 0 saturated heterocycles. The lowest BCUT2D eigenvalue weighted by Gasteiger charge is -2.13. The van der Waals surface area contributed by atoms with E-state index in [-0.39, 0.29) is 24.9 Å². The summed E-state index contributed by atoms with van der Waals surface area (Å²) < 4.78 is 5.67. The Bertz CT molecular complexity index is 459. The monoisotopic (exact) mass is 279 g/mol. The smallest absolute Gasteiger partial charge is 0.303 e. The van der Waals surface area contributed by atoms with E-state index in [1.807, 2.05) is 26.0 Å². The maximum absolute atomic E-state index is 11.6. The molecule has 0 fully saturated rings. The van der Waals surface area contributed by atoms with Crippen LogP contribution in [0.4, 0.5) is 5.69 Å². The number of ether oxygens (including phenoxy) is 1. The first-order valence-electron chi connectivity index (χ1n) is 6.79. The first kappa shape index (κ1) is 16.0. The number of benzene rings is 1. The highest BCUT2D eigenvalue weighted by Crippen LogP contribution is 2.19. The normalized spacial score (nSPS) is 11.7. The lowest BCUT2D eigenvalue weighted by molar-refractivity contribution is -0.137. The number of carboxylic acids is 1. The molecule has 1 aromatic rings. The molecule has 0 radical (unpaired) electrons. The summed E-state index contributed by atoms with van der Waals surface area (Å²) in [5, 5.41) is 11.2. The number of carbonyl (C=O) groups is 2. The van der Waals surface area contributed by atoms with E-state index in [0.29, 0.717) is 17.9 Å². The Labute approximate surface area is 118 Å². The molecule has 20 heavy (non-hydrogen) atoms. The fourth-order valence-electron chi connectivity index (χ4n) is 1.59. The Kier molecular flexibility index (Phi) is 6.56. The van der Waals surface area contributed by atoms with Gasteiger partial charge in [-0.05, 0) is 31.9 Å². The van der Waals surface area contributed by atoms with Crippen LogP contribution in [0.3, 0.4) is 0 Å².